The second kappa shape index (κ2) is 6.44. The molecule has 8 nitrogen and oxygen atoms in total. The van der Waals surface area contributed by atoms with E-state index in [9.17, 15) is 24.5 Å². The lowest BCUT2D eigenvalue weighted by atomic mass is 10.1. The molecule has 25 heavy (non-hydrogen) atoms. The van der Waals surface area contributed by atoms with E-state index in [-0.39, 0.29) is 16.8 Å². The molecule has 2 aromatic rings. The number of hydrogen-bond donors (Lipinski definition) is 0. The van der Waals surface area contributed by atoms with E-state index in [0.717, 1.165) is 22.6 Å². The zero-order chi connectivity index (χ0) is 18.1. The van der Waals surface area contributed by atoms with E-state index in [2.05, 4.69) is 0 Å². The van der Waals surface area contributed by atoms with E-state index in [1.54, 1.807) is 7.05 Å². The zero-order valence-corrected chi connectivity index (χ0v) is 14.0. The van der Waals surface area contributed by atoms with Gasteiger partial charge in [0.15, 0.2) is 0 Å². The van der Waals surface area contributed by atoms with Gasteiger partial charge in [-0.15, -0.1) is 0 Å². The molecule has 1 aliphatic heterocycles. The van der Waals surface area contributed by atoms with Crippen LogP contribution in [0.15, 0.2) is 35.0 Å². The molecule has 0 atom stereocenters. The largest absolute Gasteiger partial charge is 0.340 e. The Bertz CT molecular complexity index is 878. The number of fused-ring (bicyclic) bond motifs is 1. The van der Waals surface area contributed by atoms with Crippen molar-refractivity contribution in [3.8, 4) is 0 Å². The number of benzene rings is 1. The van der Waals surface area contributed by atoms with Crippen molar-refractivity contribution in [3.05, 3.63) is 61.8 Å². The Balaban J connectivity index is 1.75. The minimum absolute atomic E-state index is 0.0486. The Morgan fingerprint density at radius 1 is 1.24 bits per heavy atom. The molecule has 0 N–H and O–H groups in total. The van der Waals surface area contributed by atoms with Crippen LogP contribution in [0.5, 0.6) is 0 Å². The quantitative estimate of drug-likeness (QED) is 0.461. The monoisotopic (exact) mass is 359 g/mol. The van der Waals surface area contributed by atoms with Gasteiger partial charge in [0.2, 0.25) is 5.91 Å². The van der Waals surface area contributed by atoms with Gasteiger partial charge in [-0.1, -0.05) is 0 Å². The minimum atomic E-state index is -0.694. The van der Waals surface area contributed by atoms with Crippen LogP contribution in [0.2, 0.25) is 0 Å². The van der Waals surface area contributed by atoms with E-state index in [1.165, 1.54) is 22.3 Å². The van der Waals surface area contributed by atoms with Crippen molar-refractivity contribution in [3.63, 3.8) is 0 Å². The van der Waals surface area contributed by atoms with Gasteiger partial charge in [-0.2, -0.15) is 11.3 Å². The summed E-state index contributed by atoms with van der Waals surface area (Å²) in [6.45, 7) is -0.0300. The van der Waals surface area contributed by atoms with Crippen molar-refractivity contribution in [2.45, 2.75) is 6.54 Å². The lowest BCUT2D eigenvalue weighted by molar-refractivity contribution is -0.384. The second-order valence-corrected chi connectivity index (χ2v) is 6.34. The topological polar surface area (TPSA) is 101 Å². The van der Waals surface area contributed by atoms with Crippen molar-refractivity contribution in [2.24, 2.45) is 0 Å². The van der Waals surface area contributed by atoms with Crippen molar-refractivity contribution in [2.75, 3.05) is 13.6 Å². The van der Waals surface area contributed by atoms with Crippen LogP contribution in [-0.4, -0.2) is 46.0 Å². The van der Waals surface area contributed by atoms with Gasteiger partial charge in [-0.3, -0.25) is 29.4 Å². The van der Waals surface area contributed by atoms with Crippen LogP contribution < -0.4 is 0 Å². The van der Waals surface area contributed by atoms with Gasteiger partial charge >= 0.3 is 0 Å². The predicted octanol–water partition coefficient (Wildman–Crippen LogP) is 1.91. The van der Waals surface area contributed by atoms with E-state index in [4.69, 9.17) is 0 Å². The summed E-state index contributed by atoms with van der Waals surface area (Å²) in [5, 5.41) is 14.6. The van der Waals surface area contributed by atoms with Crippen LogP contribution in [-0.2, 0) is 11.3 Å². The minimum Gasteiger partial charge on any atom is -0.340 e. The van der Waals surface area contributed by atoms with Crippen molar-refractivity contribution < 1.29 is 19.3 Å². The Hall–Kier alpha value is -3.07. The summed E-state index contributed by atoms with van der Waals surface area (Å²) in [7, 11) is 1.59. The summed E-state index contributed by atoms with van der Waals surface area (Å²) in [5.41, 5.74) is 0.706. The molecule has 0 aliphatic carbocycles. The first kappa shape index (κ1) is 16.8. The van der Waals surface area contributed by atoms with Crippen LogP contribution in [0.3, 0.4) is 0 Å². The number of nitro groups is 1. The first-order valence-corrected chi connectivity index (χ1v) is 8.22. The van der Waals surface area contributed by atoms with Crippen LogP contribution in [0.25, 0.3) is 0 Å². The summed E-state index contributed by atoms with van der Waals surface area (Å²) in [4.78, 5) is 49.4. The van der Waals surface area contributed by atoms with Gasteiger partial charge in [0.1, 0.15) is 6.54 Å². The summed E-state index contributed by atoms with van der Waals surface area (Å²) >= 11 is 1.51. The van der Waals surface area contributed by atoms with Gasteiger partial charge in [0, 0.05) is 25.7 Å². The number of likely N-dealkylation sites (N-methyl/N-ethyl adjacent to an activating group) is 1. The molecule has 9 heteroatoms. The summed E-state index contributed by atoms with van der Waals surface area (Å²) < 4.78 is 0. The molecule has 0 fully saturated rings. The fraction of sp³-hybridized carbons (Fsp3) is 0.188. The highest BCUT2D eigenvalue weighted by molar-refractivity contribution is 7.07. The Morgan fingerprint density at radius 2 is 1.96 bits per heavy atom. The number of carbonyl (C=O) groups excluding carboxylic acids is 3. The highest BCUT2D eigenvalue weighted by Crippen LogP contribution is 2.26. The fourth-order valence-electron chi connectivity index (χ4n) is 2.54. The van der Waals surface area contributed by atoms with Crippen LogP contribution in [0.4, 0.5) is 5.69 Å². The predicted molar refractivity (Wildman–Crippen MR) is 89.3 cm³/mol. The van der Waals surface area contributed by atoms with Gasteiger partial charge in [0.25, 0.3) is 17.5 Å². The molecule has 0 saturated carbocycles. The Morgan fingerprint density at radius 3 is 2.60 bits per heavy atom. The molecular weight excluding hydrogens is 346 g/mol. The number of thiophene rings is 1. The number of hydrogen-bond acceptors (Lipinski definition) is 6. The van der Waals surface area contributed by atoms with E-state index in [1.807, 2.05) is 16.8 Å². The van der Waals surface area contributed by atoms with Crippen LogP contribution >= 0.6 is 11.3 Å². The van der Waals surface area contributed by atoms with Crippen molar-refractivity contribution in [1.29, 1.82) is 0 Å². The Kier molecular flexibility index (Phi) is 4.32. The molecular formula is C16H13N3O5S. The van der Waals surface area contributed by atoms with Gasteiger partial charge < -0.3 is 4.90 Å². The molecule has 1 aromatic carbocycles. The number of rotatable bonds is 5. The first-order valence-electron chi connectivity index (χ1n) is 7.28. The molecule has 1 aliphatic rings. The molecule has 0 spiro atoms. The van der Waals surface area contributed by atoms with E-state index < -0.39 is 29.2 Å². The second-order valence-electron chi connectivity index (χ2n) is 5.56. The summed E-state index contributed by atoms with van der Waals surface area (Å²) in [5.74, 6) is -1.71. The number of imide groups is 1. The molecule has 2 heterocycles. The SMILES string of the molecule is CN(Cc1ccsc1)C(=O)CN1C(=O)c2ccc([N+](=O)[O-])cc2C1=O. The molecule has 0 unspecified atom stereocenters. The Labute approximate surface area is 146 Å². The van der Waals surface area contributed by atoms with Crippen LogP contribution in [0.1, 0.15) is 26.3 Å². The molecule has 3 rings (SSSR count). The number of carbonyl (C=O) groups is 3. The fourth-order valence-corrected chi connectivity index (χ4v) is 3.20. The molecule has 0 bridgehead atoms. The van der Waals surface area contributed by atoms with Gasteiger partial charge in [-0.05, 0) is 28.5 Å². The van der Waals surface area contributed by atoms with Crippen molar-refractivity contribution >= 4 is 34.7 Å². The number of amides is 3. The van der Waals surface area contributed by atoms with E-state index >= 15 is 0 Å². The van der Waals surface area contributed by atoms with Crippen molar-refractivity contribution in [1.82, 2.24) is 9.80 Å². The molecule has 1 aromatic heterocycles. The third kappa shape index (κ3) is 3.13. The van der Waals surface area contributed by atoms with E-state index in [0.29, 0.717) is 6.54 Å². The maximum Gasteiger partial charge on any atom is 0.270 e. The number of nitro benzene ring substituents is 1. The standard InChI is InChI=1S/C16H13N3O5S/c1-17(7-10-4-5-25-9-10)14(20)8-18-15(21)12-3-2-11(19(23)24)6-13(12)16(18)22/h2-6,9H,7-8H2,1H3. The maximum absolute atomic E-state index is 12.4. The molecule has 0 radical (unpaired) electrons. The summed E-state index contributed by atoms with van der Waals surface area (Å²) in [6.07, 6.45) is 0. The first-order chi connectivity index (χ1) is 11.9. The highest BCUT2D eigenvalue weighted by atomic mass is 32.1. The smallest absolute Gasteiger partial charge is 0.270 e. The average Bonchev–Trinajstić information content (AvgIpc) is 3.17. The number of nitrogens with zero attached hydrogens (tertiary/aromatic N) is 3. The average molecular weight is 359 g/mol. The van der Waals surface area contributed by atoms with Gasteiger partial charge in [0.05, 0.1) is 16.1 Å². The highest BCUT2D eigenvalue weighted by Gasteiger charge is 2.38. The lowest BCUT2D eigenvalue weighted by Gasteiger charge is -2.20. The lowest BCUT2D eigenvalue weighted by Crippen LogP contribution is -2.40. The molecule has 3 amide bonds. The third-order valence-electron chi connectivity index (χ3n) is 3.88. The zero-order valence-electron chi connectivity index (χ0n) is 13.2. The molecule has 128 valence electrons. The maximum atomic E-state index is 12.4. The number of non-ortho nitro benzene ring substituents is 1. The third-order valence-corrected chi connectivity index (χ3v) is 4.62. The summed E-state index contributed by atoms with van der Waals surface area (Å²) in [6, 6.07) is 5.36. The van der Waals surface area contributed by atoms with Crippen LogP contribution in [0, 0.1) is 10.1 Å². The molecule has 0 saturated heterocycles. The normalized spacial score (nSPS) is 13.1. The van der Waals surface area contributed by atoms with Gasteiger partial charge in [-0.25, -0.2) is 0 Å².